The summed E-state index contributed by atoms with van der Waals surface area (Å²) in [5.41, 5.74) is 2.88. The summed E-state index contributed by atoms with van der Waals surface area (Å²) in [6, 6.07) is 2.08. The lowest BCUT2D eigenvalue weighted by Gasteiger charge is -2.37. The minimum Gasteiger partial charge on any atom is -0.423 e. The molecule has 2 fully saturated rings. The lowest BCUT2D eigenvalue weighted by Crippen LogP contribution is -2.35. The molecular weight excluding hydrogens is 357 g/mol. The molecule has 1 saturated heterocycles. The molecule has 2 spiro atoms. The Kier molecular flexibility index (Phi) is 4.00. The smallest absolute Gasteiger partial charge is 0.423 e. The molecule has 4 heterocycles. The molecule has 3 aliphatic rings. The van der Waals surface area contributed by atoms with Crippen molar-refractivity contribution in [2.24, 2.45) is 10.8 Å². The highest BCUT2D eigenvalue weighted by Gasteiger charge is 2.65. The molecule has 2 unspecified atom stereocenters. The lowest BCUT2D eigenvalue weighted by molar-refractivity contribution is 0.0548. The fourth-order valence-electron chi connectivity index (χ4n) is 5.93. The van der Waals surface area contributed by atoms with Crippen LogP contribution in [0.3, 0.4) is 0 Å². The van der Waals surface area contributed by atoms with Crippen molar-refractivity contribution in [2.75, 3.05) is 18.8 Å². The first-order valence-corrected chi connectivity index (χ1v) is 11.0. The van der Waals surface area contributed by atoms with Gasteiger partial charge in [-0.15, -0.1) is 0 Å². The number of pyridine rings is 1. The van der Waals surface area contributed by atoms with Gasteiger partial charge in [0.1, 0.15) is 5.65 Å². The highest BCUT2D eigenvalue weighted by molar-refractivity contribution is 7.97. The third kappa shape index (κ3) is 2.48. The van der Waals surface area contributed by atoms with E-state index in [1.807, 2.05) is 18.1 Å². The Hall–Kier alpha value is -1.02. The van der Waals surface area contributed by atoms with E-state index in [-0.39, 0.29) is 10.8 Å². The molecule has 2 N–H and O–H groups in total. The topological polar surface area (TPSA) is 61.4 Å². The number of H-pyrrole nitrogens is 1. The van der Waals surface area contributed by atoms with Crippen molar-refractivity contribution in [3.8, 4) is 0 Å². The second kappa shape index (κ2) is 5.99. The first-order valence-electron chi connectivity index (χ1n) is 10.1. The Labute approximate surface area is 165 Å². The average Bonchev–Trinajstić information content (AvgIpc) is 3.34. The first kappa shape index (κ1) is 18.0. The zero-order valence-corrected chi connectivity index (χ0v) is 17.2. The maximum Gasteiger partial charge on any atom is 0.493 e. The second-order valence-corrected chi connectivity index (χ2v) is 10.4. The fraction of sp³-hybridized carbons (Fsp3) is 0.650. The minimum absolute atomic E-state index is 0.155. The molecule has 0 bridgehead atoms. The molecule has 5 rings (SSSR count). The molecule has 2 aromatic heterocycles. The van der Waals surface area contributed by atoms with Gasteiger partial charge in [0.15, 0.2) is 0 Å². The standard InChI is InChI=1S/C20H28BN3O2S/c1-4-9-27-24-8-6-19(13-24)12-20(11-18(19,2)3)16-14-5-7-22-17(14)23-10-15(16)21(25)26-20/h5,7,10,25H,4,6,8-9,11-13H2,1-3H3,(H,22,23). The molecule has 2 atom stereocenters. The summed E-state index contributed by atoms with van der Waals surface area (Å²) in [6.45, 7) is 9.31. The van der Waals surface area contributed by atoms with Crippen LogP contribution in [0.1, 0.15) is 52.0 Å². The number of nitrogens with zero attached hydrogens (tertiary/aromatic N) is 2. The maximum atomic E-state index is 10.7. The van der Waals surface area contributed by atoms with Gasteiger partial charge in [-0.1, -0.05) is 32.7 Å². The van der Waals surface area contributed by atoms with Crippen molar-refractivity contribution in [3.63, 3.8) is 0 Å². The Morgan fingerprint density at radius 2 is 2.26 bits per heavy atom. The Morgan fingerprint density at radius 1 is 1.41 bits per heavy atom. The van der Waals surface area contributed by atoms with Crippen LogP contribution in [-0.4, -0.2) is 45.3 Å². The Balaban J connectivity index is 1.56. The molecule has 144 valence electrons. The van der Waals surface area contributed by atoms with E-state index >= 15 is 0 Å². The Morgan fingerprint density at radius 3 is 3.07 bits per heavy atom. The van der Waals surface area contributed by atoms with Crippen LogP contribution in [0.2, 0.25) is 0 Å². The lowest BCUT2D eigenvalue weighted by atomic mass is 9.67. The number of hydrogen-bond donors (Lipinski definition) is 2. The average molecular weight is 385 g/mol. The zero-order valence-electron chi connectivity index (χ0n) is 16.4. The molecule has 0 amide bonds. The second-order valence-electron chi connectivity index (χ2n) is 9.26. The van der Waals surface area contributed by atoms with Crippen molar-refractivity contribution in [1.29, 1.82) is 0 Å². The van der Waals surface area contributed by atoms with Crippen molar-refractivity contribution in [1.82, 2.24) is 14.3 Å². The molecule has 7 heteroatoms. The van der Waals surface area contributed by atoms with E-state index in [4.69, 9.17) is 4.65 Å². The zero-order chi connectivity index (χ0) is 18.9. The molecule has 2 aromatic rings. The van der Waals surface area contributed by atoms with Crippen LogP contribution in [-0.2, 0) is 10.3 Å². The summed E-state index contributed by atoms with van der Waals surface area (Å²) in [4.78, 5) is 7.70. The van der Waals surface area contributed by atoms with Gasteiger partial charge in [0.2, 0.25) is 0 Å². The van der Waals surface area contributed by atoms with Crippen LogP contribution < -0.4 is 5.46 Å². The molecule has 5 nitrogen and oxygen atoms in total. The summed E-state index contributed by atoms with van der Waals surface area (Å²) in [7, 11) is -0.871. The summed E-state index contributed by atoms with van der Waals surface area (Å²) in [5, 5.41) is 11.8. The number of aromatic nitrogens is 2. The van der Waals surface area contributed by atoms with Gasteiger partial charge in [0.05, 0.1) is 5.60 Å². The predicted molar refractivity (Wildman–Crippen MR) is 111 cm³/mol. The molecular formula is C20H28BN3O2S. The van der Waals surface area contributed by atoms with Crippen molar-refractivity contribution in [3.05, 3.63) is 24.0 Å². The molecule has 0 radical (unpaired) electrons. The van der Waals surface area contributed by atoms with E-state index in [0.29, 0.717) is 0 Å². The van der Waals surface area contributed by atoms with Crippen molar-refractivity contribution < 1.29 is 9.68 Å². The molecule has 0 aromatic carbocycles. The van der Waals surface area contributed by atoms with Crippen LogP contribution in [0.25, 0.3) is 11.0 Å². The monoisotopic (exact) mass is 385 g/mol. The summed E-state index contributed by atoms with van der Waals surface area (Å²) in [6.07, 6.45) is 8.07. The van der Waals surface area contributed by atoms with Crippen LogP contribution >= 0.6 is 11.9 Å². The molecule has 1 aliphatic carbocycles. The molecule has 1 saturated carbocycles. The van der Waals surface area contributed by atoms with Gasteiger partial charge in [-0.3, -0.25) is 4.31 Å². The maximum absolute atomic E-state index is 10.7. The summed E-state index contributed by atoms with van der Waals surface area (Å²) >= 11 is 1.99. The largest absolute Gasteiger partial charge is 0.493 e. The van der Waals surface area contributed by atoms with E-state index < -0.39 is 12.7 Å². The molecule has 27 heavy (non-hydrogen) atoms. The van der Waals surface area contributed by atoms with E-state index in [0.717, 1.165) is 42.4 Å². The van der Waals surface area contributed by atoms with Gasteiger partial charge in [0.25, 0.3) is 0 Å². The van der Waals surface area contributed by atoms with Crippen LogP contribution in [0.15, 0.2) is 18.5 Å². The third-order valence-electron chi connectivity index (χ3n) is 7.26. The number of fused-ring (bicyclic) bond motifs is 4. The number of nitrogens with one attached hydrogen (secondary N) is 1. The van der Waals surface area contributed by atoms with Gasteiger partial charge in [-0.25, -0.2) is 4.98 Å². The number of aromatic amines is 1. The first-order chi connectivity index (χ1) is 12.9. The van der Waals surface area contributed by atoms with E-state index in [2.05, 4.69) is 41.1 Å². The van der Waals surface area contributed by atoms with Gasteiger partial charge in [0, 0.05) is 42.1 Å². The highest BCUT2D eigenvalue weighted by atomic mass is 32.2. The van der Waals surface area contributed by atoms with Gasteiger partial charge >= 0.3 is 7.12 Å². The Bertz CT molecular complexity index is 887. The van der Waals surface area contributed by atoms with Gasteiger partial charge in [-0.2, -0.15) is 0 Å². The van der Waals surface area contributed by atoms with E-state index in [1.54, 1.807) is 6.20 Å². The van der Waals surface area contributed by atoms with Gasteiger partial charge < -0.3 is 14.7 Å². The van der Waals surface area contributed by atoms with Crippen LogP contribution in [0.4, 0.5) is 0 Å². The number of rotatable bonds is 3. The SMILES string of the molecule is CCCSN1CCC2(C1)CC1(CC2(C)C)OB(O)c2cnc3[nH]ccc3c21. The van der Waals surface area contributed by atoms with Crippen molar-refractivity contribution >= 4 is 35.6 Å². The number of hydrogen-bond acceptors (Lipinski definition) is 5. The minimum atomic E-state index is -0.871. The van der Waals surface area contributed by atoms with E-state index in [1.165, 1.54) is 24.2 Å². The van der Waals surface area contributed by atoms with Gasteiger partial charge in [-0.05, 0) is 48.1 Å². The highest BCUT2D eigenvalue weighted by Crippen LogP contribution is 2.66. The quantitative estimate of drug-likeness (QED) is 0.628. The van der Waals surface area contributed by atoms with Crippen molar-refractivity contribution in [2.45, 2.75) is 52.1 Å². The predicted octanol–water partition coefficient (Wildman–Crippen LogP) is 3.05. The summed E-state index contributed by atoms with van der Waals surface area (Å²) in [5.74, 6) is 1.19. The van der Waals surface area contributed by atoms with Crippen LogP contribution in [0, 0.1) is 10.8 Å². The van der Waals surface area contributed by atoms with Crippen LogP contribution in [0.5, 0.6) is 0 Å². The summed E-state index contributed by atoms with van der Waals surface area (Å²) < 4.78 is 8.94. The third-order valence-corrected chi connectivity index (χ3v) is 8.53. The molecule has 2 aliphatic heterocycles. The fourth-order valence-corrected chi connectivity index (χ4v) is 6.93. The van der Waals surface area contributed by atoms with E-state index in [9.17, 15) is 5.02 Å². The normalized spacial score (nSPS) is 32.4.